The van der Waals surface area contributed by atoms with Gasteiger partial charge in [0.05, 0.1) is 12.1 Å². The SMILES string of the molecule is CCNC(=NCC(O)COc1cccc(C(F)(F)F)c1)N1CCC(CC(=O)NC)CC1.I. The van der Waals surface area contributed by atoms with E-state index in [0.29, 0.717) is 24.8 Å². The van der Waals surface area contributed by atoms with Crippen LogP contribution in [0.1, 0.15) is 31.7 Å². The number of nitrogens with one attached hydrogen (secondary N) is 2. The van der Waals surface area contributed by atoms with Gasteiger partial charge in [-0.3, -0.25) is 9.79 Å². The number of aliphatic hydroxyl groups excluding tert-OH is 1. The second kappa shape index (κ2) is 13.7. The molecule has 0 radical (unpaired) electrons. The Morgan fingerprint density at radius 3 is 2.62 bits per heavy atom. The standard InChI is InChI=1S/C21H31F3N4O3.HI/c1-3-26-20(28-9-7-15(8-10-28)11-19(30)25-2)27-13-17(29)14-31-18-6-4-5-16(12-18)21(22,23)24;/h4-6,12,15,17,29H,3,7-11,13-14H2,1-2H3,(H,25,30)(H,26,27);1H. The van der Waals surface area contributed by atoms with Crippen LogP contribution in [0.15, 0.2) is 29.3 Å². The van der Waals surface area contributed by atoms with Crippen LogP contribution in [0.4, 0.5) is 13.2 Å². The van der Waals surface area contributed by atoms with E-state index in [2.05, 4.69) is 20.5 Å². The smallest absolute Gasteiger partial charge is 0.416 e. The number of nitrogens with zero attached hydrogens (tertiary/aromatic N) is 2. The molecule has 0 aromatic heterocycles. The van der Waals surface area contributed by atoms with Crippen molar-refractivity contribution in [2.24, 2.45) is 10.9 Å². The number of carbonyl (C=O) groups excluding carboxylic acids is 1. The van der Waals surface area contributed by atoms with Gasteiger partial charge in [0, 0.05) is 33.1 Å². The van der Waals surface area contributed by atoms with E-state index < -0.39 is 17.8 Å². The Labute approximate surface area is 203 Å². The molecule has 7 nitrogen and oxygen atoms in total. The van der Waals surface area contributed by atoms with E-state index in [9.17, 15) is 23.1 Å². The van der Waals surface area contributed by atoms with E-state index >= 15 is 0 Å². The predicted molar refractivity (Wildman–Crippen MR) is 127 cm³/mol. The number of hydrogen-bond acceptors (Lipinski definition) is 4. The summed E-state index contributed by atoms with van der Waals surface area (Å²) >= 11 is 0. The summed E-state index contributed by atoms with van der Waals surface area (Å²) in [5.41, 5.74) is -0.799. The molecule has 0 bridgehead atoms. The number of aliphatic imine (C=N–C) groups is 1. The molecule has 1 heterocycles. The Kier molecular flexibility index (Phi) is 12.1. The van der Waals surface area contributed by atoms with Crippen LogP contribution < -0.4 is 15.4 Å². The maximum Gasteiger partial charge on any atom is 0.416 e. The normalized spacial score (nSPS) is 16.2. The summed E-state index contributed by atoms with van der Waals surface area (Å²) < 4.78 is 43.6. The third kappa shape index (κ3) is 9.39. The van der Waals surface area contributed by atoms with Crippen LogP contribution in [0.3, 0.4) is 0 Å². The molecule has 1 fully saturated rings. The third-order valence-electron chi connectivity index (χ3n) is 5.06. The van der Waals surface area contributed by atoms with Crippen molar-refractivity contribution in [3.05, 3.63) is 29.8 Å². The Morgan fingerprint density at radius 2 is 2.03 bits per heavy atom. The summed E-state index contributed by atoms with van der Waals surface area (Å²) in [4.78, 5) is 18.1. The highest BCUT2D eigenvalue weighted by Crippen LogP contribution is 2.31. The fourth-order valence-corrected chi connectivity index (χ4v) is 3.34. The molecule has 0 aliphatic carbocycles. The molecular formula is C21H32F3IN4O3. The predicted octanol–water partition coefficient (Wildman–Crippen LogP) is 2.88. The van der Waals surface area contributed by atoms with Gasteiger partial charge in [0.15, 0.2) is 5.96 Å². The zero-order valence-corrected chi connectivity index (χ0v) is 20.7. The van der Waals surface area contributed by atoms with Crippen molar-refractivity contribution in [1.29, 1.82) is 0 Å². The van der Waals surface area contributed by atoms with Gasteiger partial charge >= 0.3 is 6.18 Å². The number of halogens is 4. The first-order valence-corrected chi connectivity index (χ1v) is 10.4. The number of guanidine groups is 1. The molecule has 1 aliphatic heterocycles. The van der Waals surface area contributed by atoms with Gasteiger partial charge in [0.25, 0.3) is 0 Å². The first-order valence-electron chi connectivity index (χ1n) is 10.4. The van der Waals surface area contributed by atoms with Gasteiger partial charge in [-0.1, -0.05) is 6.07 Å². The number of amides is 1. The highest BCUT2D eigenvalue weighted by Gasteiger charge is 2.30. The minimum Gasteiger partial charge on any atom is -0.491 e. The van der Waals surface area contributed by atoms with Gasteiger partial charge in [0.2, 0.25) is 5.91 Å². The van der Waals surface area contributed by atoms with Crippen molar-refractivity contribution in [2.45, 2.75) is 38.5 Å². The Bertz CT molecular complexity index is 741. The molecule has 1 aromatic rings. The molecule has 32 heavy (non-hydrogen) atoms. The topological polar surface area (TPSA) is 86.2 Å². The molecule has 1 aromatic carbocycles. The van der Waals surface area contributed by atoms with E-state index in [1.54, 1.807) is 7.05 Å². The van der Waals surface area contributed by atoms with Crippen LogP contribution in [0, 0.1) is 5.92 Å². The van der Waals surface area contributed by atoms with Crippen LogP contribution in [-0.2, 0) is 11.0 Å². The molecule has 1 aliphatic rings. The number of rotatable bonds is 8. The van der Waals surface area contributed by atoms with E-state index in [-0.39, 0.29) is 48.8 Å². The maximum absolute atomic E-state index is 12.8. The molecule has 3 N–H and O–H groups in total. The quantitative estimate of drug-likeness (QED) is 0.254. The number of aliphatic hydroxyl groups is 1. The average Bonchev–Trinajstić information content (AvgIpc) is 2.75. The first-order chi connectivity index (χ1) is 14.7. The molecule has 1 unspecified atom stereocenters. The summed E-state index contributed by atoms with van der Waals surface area (Å²) in [6.45, 7) is 4.00. The van der Waals surface area contributed by atoms with Gasteiger partial charge in [-0.15, -0.1) is 24.0 Å². The molecule has 0 spiro atoms. The van der Waals surface area contributed by atoms with Crippen molar-refractivity contribution < 1.29 is 27.8 Å². The monoisotopic (exact) mass is 572 g/mol. The molecule has 0 saturated carbocycles. The summed E-state index contributed by atoms with van der Waals surface area (Å²) in [5.74, 6) is 1.09. The fraction of sp³-hybridized carbons (Fsp3) is 0.619. The van der Waals surface area contributed by atoms with E-state index in [1.807, 2.05) is 6.92 Å². The zero-order chi connectivity index (χ0) is 22.9. The number of hydrogen-bond donors (Lipinski definition) is 3. The molecule has 1 atom stereocenters. The number of ether oxygens (including phenoxy) is 1. The van der Waals surface area contributed by atoms with Gasteiger partial charge in [0.1, 0.15) is 18.5 Å². The number of likely N-dealkylation sites (tertiary alicyclic amines) is 1. The minimum absolute atomic E-state index is 0. The van der Waals surface area contributed by atoms with Gasteiger partial charge in [-0.25, -0.2) is 0 Å². The number of benzene rings is 1. The summed E-state index contributed by atoms with van der Waals surface area (Å²) in [6, 6.07) is 4.55. The van der Waals surface area contributed by atoms with Crippen molar-refractivity contribution in [3.63, 3.8) is 0 Å². The third-order valence-corrected chi connectivity index (χ3v) is 5.06. The van der Waals surface area contributed by atoms with Crippen LogP contribution in [0.25, 0.3) is 0 Å². The van der Waals surface area contributed by atoms with E-state index in [0.717, 1.165) is 38.1 Å². The van der Waals surface area contributed by atoms with E-state index in [4.69, 9.17) is 4.74 Å². The maximum atomic E-state index is 12.8. The van der Waals surface area contributed by atoms with E-state index in [1.165, 1.54) is 12.1 Å². The largest absolute Gasteiger partial charge is 0.491 e. The lowest BCUT2D eigenvalue weighted by Gasteiger charge is -2.34. The first kappa shape index (κ1) is 28.3. The lowest BCUT2D eigenvalue weighted by atomic mass is 9.93. The Hall–Kier alpha value is -1.76. The summed E-state index contributed by atoms with van der Waals surface area (Å²) in [5, 5.41) is 16.0. The fourth-order valence-electron chi connectivity index (χ4n) is 3.34. The van der Waals surface area contributed by atoms with Gasteiger partial charge in [-0.2, -0.15) is 13.2 Å². The molecule has 1 saturated heterocycles. The van der Waals surface area contributed by atoms with Crippen LogP contribution >= 0.6 is 24.0 Å². The van der Waals surface area contributed by atoms with Crippen LogP contribution in [-0.4, -0.2) is 67.8 Å². The van der Waals surface area contributed by atoms with Crippen molar-refractivity contribution >= 4 is 35.8 Å². The Balaban J connectivity index is 0.00000512. The summed E-state index contributed by atoms with van der Waals surface area (Å²) in [6.07, 6.45) is -3.15. The Morgan fingerprint density at radius 1 is 1.34 bits per heavy atom. The van der Waals surface area contributed by atoms with Crippen molar-refractivity contribution in [2.75, 3.05) is 39.8 Å². The average molecular weight is 572 g/mol. The number of piperidine rings is 1. The number of carbonyl (C=O) groups is 1. The molecule has 1 amide bonds. The molecule has 182 valence electrons. The van der Waals surface area contributed by atoms with Crippen molar-refractivity contribution in [3.8, 4) is 5.75 Å². The molecule has 2 rings (SSSR count). The second-order valence-corrected chi connectivity index (χ2v) is 7.49. The zero-order valence-electron chi connectivity index (χ0n) is 18.3. The van der Waals surface area contributed by atoms with Crippen molar-refractivity contribution in [1.82, 2.24) is 15.5 Å². The van der Waals surface area contributed by atoms with Gasteiger partial charge < -0.3 is 25.4 Å². The summed E-state index contributed by atoms with van der Waals surface area (Å²) in [7, 11) is 1.63. The van der Waals surface area contributed by atoms with Gasteiger partial charge in [-0.05, 0) is 43.9 Å². The highest BCUT2D eigenvalue weighted by atomic mass is 127. The highest BCUT2D eigenvalue weighted by molar-refractivity contribution is 14.0. The van der Waals surface area contributed by atoms with Crippen LogP contribution in [0.5, 0.6) is 5.75 Å². The van der Waals surface area contributed by atoms with Crippen LogP contribution in [0.2, 0.25) is 0 Å². The lowest BCUT2D eigenvalue weighted by Crippen LogP contribution is -2.46. The minimum atomic E-state index is -4.45. The molecule has 11 heteroatoms. The molecular weight excluding hydrogens is 540 g/mol. The number of alkyl halides is 3. The lowest BCUT2D eigenvalue weighted by molar-refractivity contribution is -0.137. The second-order valence-electron chi connectivity index (χ2n) is 7.49.